The minimum absolute atomic E-state index is 0.0776. The van der Waals surface area contributed by atoms with E-state index in [0.717, 1.165) is 31.4 Å². The van der Waals surface area contributed by atoms with Gasteiger partial charge in [0.15, 0.2) is 0 Å². The Kier molecular flexibility index (Phi) is 3.51. The van der Waals surface area contributed by atoms with Crippen LogP contribution in [0.3, 0.4) is 0 Å². The van der Waals surface area contributed by atoms with Crippen molar-refractivity contribution in [3.05, 3.63) is 23.5 Å². The van der Waals surface area contributed by atoms with Crippen LogP contribution in [0.4, 0.5) is 0 Å². The molecule has 0 spiro atoms. The Morgan fingerprint density at radius 1 is 1.50 bits per heavy atom. The molecule has 2 aliphatic carbocycles. The van der Waals surface area contributed by atoms with E-state index >= 15 is 0 Å². The number of carboxylic acids is 1. The molecule has 1 fully saturated rings. The third-order valence-corrected chi connectivity index (χ3v) is 4.71. The largest absolute Gasteiger partial charge is 0.501 e. The van der Waals surface area contributed by atoms with Gasteiger partial charge in [-0.25, -0.2) is 4.79 Å². The second kappa shape index (κ2) is 4.79. The maximum atomic E-state index is 11.0. The Balaban J connectivity index is 2.26. The van der Waals surface area contributed by atoms with Crippen LogP contribution in [0.5, 0.6) is 0 Å². The molecule has 100 valence electrons. The highest BCUT2D eigenvalue weighted by Gasteiger charge is 2.41. The molecule has 0 radical (unpaired) electrons. The molecule has 3 nitrogen and oxygen atoms in total. The van der Waals surface area contributed by atoms with E-state index in [-0.39, 0.29) is 11.3 Å². The summed E-state index contributed by atoms with van der Waals surface area (Å²) < 4.78 is 5.52. The monoisotopic (exact) mass is 250 g/mol. The minimum Gasteiger partial charge on any atom is -0.501 e. The van der Waals surface area contributed by atoms with E-state index in [1.807, 2.05) is 0 Å². The van der Waals surface area contributed by atoms with Crippen LogP contribution in [-0.2, 0) is 9.53 Å². The van der Waals surface area contributed by atoms with Gasteiger partial charge in [-0.15, -0.1) is 0 Å². The summed E-state index contributed by atoms with van der Waals surface area (Å²) in [4.78, 5) is 11.0. The fourth-order valence-electron chi connectivity index (χ4n) is 3.45. The molecule has 2 atom stereocenters. The number of fused-ring (bicyclic) bond motifs is 1. The molecule has 0 aromatic rings. The van der Waals surface area contributed by atoms with Gasteiger partial charge in [0.2, 0.25) is 0 Å². The van der Waals surface area contributed by atoms with Crippen molar-refractivity contribution in [1.29, 1.82) is 0 Å². The topological polar surface area (TPSA) is 46.5 Å². The average Bonchev–Trinajstić information content (AvgIpc) is 2.35. The molecule has 0 unspecified atom stereocenters. The van der Waals surface area contributed by atoms with Crippen LogP contribution in [0.25, 0.3) is 0 Å². The number of carbonyl (C=O) groups is 1. The predicted octanol–water partition coefficient (Wildman–Crippen LogP) is 3.52. The summed E-state index contributed by atoms with van der Waals surface area (Å²) in [5.41, 5.74) is 1.92. The van der Waals surface area contributed by atoms with Crippen molar-refractivity contribution < 1.29 is 14.6 Å². The van der Waals surface area contributed by atoms with Gasteiger partial charge >= 0.3 is 5.97 Å². The number of ether oxygens (including phenoxy) is 1. The summed E-state index contributed by atoms with van der Waals surface area (Å²) in [5.74, 6) is 0.305. The zero-order valence-electron chi connectivity index (χ0n) is 11.3. The van der Waals surface area contributed by atoms with E-state index in [1.54, 1.807) is 7.11 Å². The maximum absolute atomic E-state index is 11.0. The summed E-state index contributed by atoms with van der Waals surface area (Å²) in [5, 5.41) is 9.07. The quantitative estimate of drug-likeness (QED) is 0.779. The Morgan fingerprint density at radius 3 is 2.83 bits per heavy atom. The van der Waals surface area contributed by atoms with Gasteiger partial charge in [-0.1, -0.05) is 13.5 Å². The molecular weight excluding hydrogens is 228 g/mol. The molecular formula is C15H22O3. The summed E-state index contributed by atoms with van der Waals surface area (Å²) in [7, 11) is 1.73. The summed E-state index contributed by atoms with van der Waals surface area (Å²) in [6.07, 6.45) is 6.15. The number of hydrogen-bond donors (Lipinski definition) is 1. The van der Waals surface area contributed by atoms with Crippen LogP contribution in [0.15, 0.2) is 23.5 Å². The highest BCUT2D eigenvalue weighted by atomic mass is 16.5. The molecule has 0 bridgehead atoms. The number of carboxylic acid groups (broad SMARTS) is 1. The van der Waals surface area contributed by atoms with Gasteiger partial charge < -0.3 is 9.84 Å². The van der Waals surface area contributed by atoms with Crippen molar-refractivity contribution in [3.63, 3.8) is 0 Å². The van der Waals surface area contributed by atoms with E-state index in [1.165, 1.54) is 18.4 Å². The molecule has 0 amide bonds. The lowest BCUT2D eigenvalue weighted by molar-refractivity contribution is -0.133. The highest BCUT2D eigenvalue weighted by molar-refractivity contribution is 5.86. The fraction of sp³-hybridized carbons (Fsp3) is 0.667. The van der Waals surface area contributed by atoms with Crippen molar-refractivity contribution >= 4 is 5.97 Å². The average molecular weight is 250 g/mol. The summed E-state index contributed by atoms with van der Waals surface area (Å²) >= 11 is 0. The molecule has 2 rings (SSSR count). The zero-order chi connectivity index (χ0) is 13.3. The van der Waals surface area contributed by atoms with Crippen molar-refractivity contribution in [2.45, 2.75) is 45.4 Å². The van der Waals surface area contributed by atoms with Gasteiger partial charge in [-0.3, -0.25) is 0 Å². The van der Waals surface area contributed by atoms with Crippen LogP contribution in [0.2, 0.25) is 0 Å². The van der Waals surface area contributed by atoms with Crippen LogP contribution in [0.1, 0.15) is 45.4 Å². The van der Waals surface area contributed by atoms with E-state index in [9.17, 15) is 4.79 Å². The Morgan fingerprint density at radius 2 is 2.22 bits per heavy atom. The third kappa shape index (κ3) is 2.18. The van der Waals surface area contributed by atoms with Gasteiger partial charge in [0.1, 0.15) is 0 Å². The second-order valence-corrected chi connectivity index (χ2v) is 5.79. The highest BCUT2D eigenvalue weighted by Crippen LogP contribution is 2.52. The van der Waals surface area contributed by atoms with Crippen LogP contribution in [0, 0.1) is 11.3 Å². The smallest absolute Gasteiger partial charge is 0.331 e. The van der Waals surface area contributed by atoms with Gasteiger partial charge in [0, 0.05) is 12.0 Å². The number of rotatable bonds is 3. The number of allylic oxidation sites excluding steroid dienone is 2. The van der Waals surface area contributed by atoms with Crippen molar-refractivity contribution in [3.8, 4) is 0 Å². The van der Waals surface area contributed by atoms with Crippen molar-refractivity contribution in [2.24, 2.45) is 11.3 Å². The lowest BCUT2D eigenvalue weighted by Gasteiger charge is -2.43. The normalized spacial score (nSPS) is 31.8. The standard InChI is InChI=1S/C15H22O3/c1-10(14(16)17)11-6-8-15(2)7-4-5-13(18-3)12(15)9-11/h11H,1,4-9H2,2-3H3,(H,16,17)/t11-,15-/m1/s1. The Labute approximate surface area is 109 Å². The molecule has 18 heavy (non-hydrogen) atoms. The van der Waals surface area contributed by atoms with Gasteiger partial charge in [-0.05, 0) is 49.0 Å². The maximum Gasteiger partial charge on any atom is 0.331 e. The molecule has 1 N–H and O–H groups in total. The lowest BCUT2D eigenvalue weighted by atomic mass is 9.62. The van der Waals surface area contributed by atoms with E-state index in [2.05, 4.69) is 13.5 Å². The Bertz CT molecular complexity index is 408. The summed E-state index contributed by atoms with van der Waals surface area (Å²) in [6.45, 7) is 6.02. The number of aliphatic carboxylic acids is 1. The first-order valence-electron chi connectivity index (χ1n) is 6.66. The summed E-state index contributed by atoms with van der Waals surface area (Å²) in [6, 6.07) is 0. The van der Waals surface area contributed by atoms with E-state index in [4.69, 9.17) is 9.84 Å². The number of hydrogen-bond acceptors (Lipinski definition) is 2. The molecule has 0 aromatic carbocycles. The lowest BCUT2D eigenvalue weighted by Crippen LogP contribution is -2.32. The molecule has 1 saturated carbocycles. The molecule has 3 heteroatoms. The van der Waals surface area contributed by atoms with Crippen LogP contribution >= 0.6 is 0 Å². The molecule has 0 aromatic heterocycles. The molecule has 0 aliphatic heterocycles. The van der Waals surface area contributed by atoms with Crippen LogP contribution < -0.4 is 0 Å². The first kappa shape index (κ1) is 13.2. The van der Waals surface area contributed by atoms with Gasteiger partial charge in [0.05, 0.1) is 12.9 Å². The molecule has 0 heterocycles. The SMILES string of the molecule is C=C(C(=O)O)[C@@H]1CC[C@@]2(C)CCCC(OC)=C2C1. The van der Waals surface area contributed by atoms with E-state index < -0.39 is 5.97 Å². The first-order valence-corrected chi connectivity index (χ1v) is 6.66. The zero-order valence-corrected chi connectivity index (χ0v) is 11.3. The first-order chi connectivity index (χ1) is 8.48. The Hall–Kier alpha value is -1.25. The minimum atomic E-state index is -0.862. The van der Waals surface area contributed by atoms with Crippen molar-refractivity contribution in [2.75, 3.05) is 7.11 Å². The third-order valence-electron chi connectivity index (χ3n) is 4.71. The number of methoxy groups -OCH3 is 1. The van der Waals surface area contributed by atoms with Gasteiger partial charge in [-0.2, -0.15) is 0 Å². The molecule has 0 saturated heterocycles. The second-order valence-electron chi connectivity index (χ2n) is 5.79. The fourth-order valence-corrected chi connectivity index (χ4v) is 3.45. The predicted molar refractivity (Wildman–Crippen MR) is 70.1 cm³/mol. The van der Waals surface area contributed by atoms with Gasteiger partial charge in [0.25, 0.3) is 0 Å². The van der Waals surface area contributed by atoms with Crippen LogP contribution in [-0.4, -0.2) is 18.2 Å². The van der Waals surface area contributed by atoms with Crippen molar-refractivity contribution in [1.82, 2.24) is 0 Å². The molecule has 2 aliphatic rings. The van der Waals surface area contributed by atoms with E-state index in [0.29, 0.717) is 5.57 Å².